The Morgan fingerprint density at radius 3 is 2.22 bits per heavy atom. The first-order valence-electron chi connectivity index (χ1n) is 11.1. The van der Waals surface area contributed by atoms with Gasteiger partial charge in [0.25, 0.3) is 5.56 Å². The number of hydrogen-bond acceptors (Lipinski definition) is 11. The third kappa shape index (κ3) is 5.79. The van der Waals surface area contributed by atoms with Gasteiger partial charge in [-0.15, -0.1) is 0 Å². The van der Waals surface area contributed by atoms with E-state index >= 15 is 0 Å². The van der Waals surface area contributed by atoms with Gasteiger partial charge in [0.1, 0.15) is 0 Å². The van der Waals surface area contributed by atoms with Crippen LogP contribution in [0.4, 0.5) is 0 Å². The Morgan fingerprint density at radius 1 is 1.03 bits per heavy atom. The van der Waals surface area contributed by atoms with Crippen LogP contribution in [0.2, 0.25) is 0 Å². The van der Waals surface area contributed by atoms with Gasteiger partial charge in [0.05, 0.1) is 0 Å². The summed E-state index contributed by atoms with van der Waals surface area (Å²) in [6.45, 7) is 5.07. The lowest BCUT2D eigenvalue weighted by atomic mass is 9.97. The van der Waals surface area contributed by atoms with Gasteiger partial charge in [-0.25, -0.2) is 9.78 Å². The fourth-order valence-electron chi connectivity index (χ4n) is 3.84. The molecule has 13 heteroatoms. The van der Waals surface area contributed by atoms with Crippen molar-refractivity contribution in [3.63, 3.8) is 0 Å². The third-order valence-corrected chi connectivity index (χ3v) is 5.17. The third-order valence-electron chi connectivity index (χ3n) is 5.17. The lowest BCUT2D eigenvalue weighted by molar-refractivity contribution is -0.281. The smallest absolute Gasteiger partial charge is 0.337 e. The van der Waals surface area contributed by atoms with Crippen LogP contribution in [0.15, 0.2) is 29.3 Å². The molecule has 3 heterocycles. The van der Waals surface area contributed by atoms with Crippen molar-refractivity contribution in [2.24, 2.45) is 0 Å². The van der Waals surface area contributed by atoms with Crippen molar-refractivity contribution in [1.82, 2.24) is 9.38 Å². The van der Waals surface area contributed by atoms with Crippen molar-refractivity contribution >= 4 is 29.5 Å². The number of rotatable bonds is 8. The van der Waals surface area contributed by atoms with Crippen LogP contribution in [0.25, 0.3) is 5.65 Å². The highest BCUT2D eigenvalue weighted by Crippen LogP contribution is 2.31. The number of fused-ring (bicyclic) bond motifs is 1. The first-order valence-corrected chi connectivity index (χ1v) is 11.1. The summed E-state index contributed by atoms with van der Waals surface area (Å²) in [5.41, 5.74) is 0.263. The molecular weight excluding hydrogens is 480 g/mol. The van der Waals surface area contributed by atoms with Gasteiger partial charge >= 0.3 is 23.9 Å². The van der Waals surface area contributed by atoms with E-state index in [9.17, 15) is 29.1 Å². The molecular formula is C23H26N2O11. The zero-order valence-electron chi connectivity index (χ0n) is 20.0. The average Bonchev–Trinajstić information content (AvgIpc) is 2.78. The predicted octanol–water partition coefficient (Wildman–Crippen LogP) is 0.630. The normalized spacial score (nSPS) is 23.5. The molecule has 0 amide bonds. The van der Waals surface area contributed by atoms with Gasteiger partial charge in [-0.05, 0) is 18.6 Å². The number of aryl methyl sites for hydroxylation is 1. The molecule has 1 saturated heterocycles. The number of carbonyl (C=O) groups excluding carboxylic acids is 3. The largest absolute Gasteiger partial charge is 0.479 e. The van der Waals surface area contributed by atoms with Crippen LogP contribution in [0, 0.1) is 0 Å². The molecule has 0 aromatic carbocycles. The highest BCUT2D eigenvalue weighted by atomic mass is 16.7. The van der Waals surface area contributed by atoms with E-state index in [4.69, 9.17) is 23.7 Å². The van der Waals surface area contributed by atoms with Crippen molar-refractivity contribution < 1.29 is 48.0 Å². The average molecular weight is 506 g/mol. The summed E-state index contributed by atoms with van der Waals surface area (Å²) in [6, 6.07) is 2.95. The Balaban J connectivity index is 2.09. The van der Waals surface area contributed by atoms with Crippen LogP contribution in [0.1, 0.15) is 39.7 Å². The van der Waals surface area contributed by atoms with Crippen LogP contribution >= 0.6 is 0 Å². The summed E-state index contributed by atoms with van der Waals surface area (Å²) < 4.78 is 28.3. The zero-order valence-corrected chi connectivity index (χ0v) is 20.0. The van der Waals surface area contributed by atoms with Gasteiger partial charge < -0.3 is 28.8 Å². The molecule has 0 aliphatic carbocycles. The van der Waals surface area contributed by atoms with Gasteiger partial charge in [0.15, 0.2) is 29.7 Å². The van der Waals surface area contributed by atoms with Crippen molar-refractivity contribution in [2.75, 3.05) is 0 Å². The topological polar surface area (TPSA) is 169 Å². The lowest BCUT2D eigenvalue weighted by Crippen LogP contribution is -2.64. The van der Waals surface area contributed by atoms with Crippen LogP contribution in [-0.2, 0) is 44.5 Å². The van der Waals surface area contributed by atoms with E-state index in [1.54, 1.807) is 0 Å². The van der Waals surface area contributed by atoms with Gasteiger partial charge in [-0.2, -0.15) is 0 Å². The van der Waals surface area contributed by atoms with Crippen LogP contribution in [0.3, 0.4) is 0 Å². The quantitative estimate of drug-likeness (QED) is 0.392. The predicted molar refractivity (Wildman–Crippen MR) is 119 cm³/mol. The number of aromatic nitrogens is 2. The molecule has 36 heavy (non-hydrogen) atoms. The summed E-state index contributed by atoms with van der Waals surface area (Å²) in [5.74, 6) is -4.13. The van der Waals surface area contributed by atoms with E-state index in [-0.39, 0.29) is 17.0 Å². The van der Waals surface area contributed by atoms with Gasteiger partial charge in [-0.3, -0.25) is 23.6 Å². The van der Waals surface area contributed by atoms with E-state index in [0.717, 1.165) is 27.2 Å². The Labute approximate surface area is 204 Å². The Bertz CT molecular complexity index is 1220. The molecule has 2 aromatic rings. The molecule has 1 N–H and O–H groups in total. The standard InChI is InChI=1S/C23H26N2O11/c1-5-7-14-10-24-20-15(8-6-9-25(20)21(14)29)35-23-19(34-13(4)28)17(33-12(3)27)16(32-11(2)26)18(36-23)22(30)31/h6,8-10,16-19,23H,5,7H2,1-4H3,(H,30,31)/t16-,17-,18-,19+,23+/m0/s1. The monoisotopic (exact) mass is 506 g/mol. The van der Waals surface area contributed by atoms with Crippen molar-refractivity contribution in [3.8, 4) is 5.75 Å². The molecule has 0 radical (unpaired) electrons. The molecule has 13 nitrogen and oxygen atoms in total. The van der Waals surface area contributed by atoms with E-state index < -0.39 is 54.6 Å². The van der Waals surface area contributed by atoms with Crippen molar-refractivity contribution in [3.05, 3.63) is 40.4 Å². The summed E-state index contributed by atoms with van der Waals surface area (Å²) in [4.78, 5) is 64.5. The highest BCUT2D eigenvalue weighted by Gasteiger charge is 2.55. The maximum Gasteiger partial charge on any atom is 0.337 e. The molecule has 0 saturated carbocycles. The number of carbonyl (C=O) groups is 4. The molecule has 5 atom stereocenters. The molecule has 194 valence electrons. The number of hydrogen-bond donors (Lipinski definition) is 1. The molecule has 2 aromatic heterocycles. The first-order chi connectivity index (χ1) is 17.0. The highest BCUT2D eigenvalue weighted by molar-refractivity contribution is 5.75. The second kappa shape index (κ2) is 11.2. The Hall–Kier alpha value is -4.00. The van der Waals surface area contributed by atoms with Crippen LogP contribution in [0.5, 0.6) is 5.75 Å². The van der Waals surface area contributed by atoms with E-state index in [2.05, 4.69) is 4.98 Å². The van der Waals surface area contributed by atoms with Gasteiger partial charge in [0.2, 0.25) is 12.4 Å². The first kappa shape index (κ1) is 26.6. The number of aliphatic carboxylic acids is 1. The van der Waals surface area contributed by atoms with Crippen molar-refractivity contribution in [1.29, 1.82) is 0 Å². The lowest BCUT2D eigenvalue weighted by Gasteiger charge is -2.42. The van der Waals surface area contributed by atoms with Crippen molar-refractivity contribution in [2.45, 2.75) is 71.2 Å². The minimum atomic E-state index is -1.85. The maximum absolute atomic E-state index is 12.8. The number of esters is 3. The Morgan fingerprint density at radius 2 is 1.64 bits per heavy atom. The molecule has 1 fully saturated rings. The fourth-order valence-corrected chi connectivity index (χ4v) is 3.84. The minimum absolute atomic E-state index is 0.00329. The molecule has 0 unspecified atom stereocenters. The number of nitrogens with zero attached hydrogens (tertiary/aromatic N) is 2. The molecule has 1 aliphatic heterocycles. The summed E-state index contributed by atoms with van der Waals surface area (Å²) in [5, 5.41) is 9.74. The zero-order chi connectivity index (χ0) is 26.6. The maximum atomic E-state index is 12.8. The molecule has 0 bridgehead atoms. The van der Waals surface area contributed by atoms with Gasteiger partial charge in [-0.1, -0.05) is 13.3 Å². The number of carboxylic acids is 1. The fraction of sp³-hybridized carbons (Fsp3) is 0.478. The minimum Gasteiger partial charge on any atom is -0.479 e. The summed E-state index contributed by atoms with van der Waals surface area (Å²) >= 11 is 0. The van der Waals surface area contributed by atoms with Crippen LogP contribution in [-0.4, -0.2) is 69.1 Å². The second-order valence-electron chi connectivity index (χ2n) is 8.01. The van der Waals surface area contributed by atoms with E-state index in [0.29, 0.717) is 12.0 Å². The summed E-state index contributed by atoms with van der Waals surface area (Å²) in [7, 11) is 0. The SMILES string of the molecule is CCCc1cnc2c(O[C@@H]3O[C@H](C(=O)O)[C@@H](OC(C)=O)[C@H](OC(C)=O)[C@H]3OC(C)=O)cccn2c1=O. The number of ether oxygens (including phenoxy) is 5. The van der Waals surface area contributed by atoms with Gasteiger partial charge in [0, 0.05) is 38.7 Å². The Kier molecular flexibility index (Phi) is 8.25. The van der Waals surface area contributed by atoms with Crippen LogP contribution < -0.4 is 10.3 Å². The summed E-state index contributed by atoms with van der Waals surface area (Å²) in [6.07, 6.45) is -4.13. The number of carboxylic acid groups (broad SMARTS) is 1. The molecule has 0 spiro atoms. The number of pyridine rings is 1. The van der Waals surface area contributed by atoms with E-state index in [1.165, 1.54) is 28.9 Å². The van der Waals surface area contributed by atoms with E-state index in [1.807, 2.05) is 6.92 Å². The molecule has 1 aliphatic rings. The second-order valence-corrected chi connectivity index (χ2v) is 8.01. The molecule has 3 rings (SSSR count).